The monoisotopic (exact) mass is 260 g/mol. The number of hydrogen-bond acceptors (Lipinski definition) is 6. The zero-order valence-corrected chi connectivity index (χ0v) is 10.4. The van der Waals surface area contributed by atoms with Gasteiger partial charge in [-0.1, -0.05) is 0 Å². The van der Waals surface area contributed by atoms with Gasteiger partial charge < -0.3 is 13.7 Å². The van der Waals surface area contributed by atoms with Crippen LogP contribution >= 0.6 is 0 Å². The highest BCUT2D eigenvalue weighted by atomic mass is 32.2. The van der Waals surface area contributed by atoms with E-state index in [0.29, 0.717) is 5.75 Å². The maximum Gasteiger partial charge on any atom is 0.308 e. The molecule has 0 spiro atoms. The van der Waals surface area contributed by atoms with Crippen molar-refractivity contribution in [3.8, 4) is 17.2 Å². The van der Waals surface area contributed by atoms with Crippen molar-refractivity contribution in [2.45, 2.75) is 6.92 Å². The molecule has 1 aromatic rings. The summed E-state index contributed by atoms with van der Waals surface area (Å²) < 4.78 is 36.3. The van der Waals surface area contributed by atoms with Crippen LogP contribution in [-0.2, 0) is 14.9 Å². The summed E-state index contributed by atoms with van der Waals surface area (Å²) in [5.41, 5.74) is 0. The van der Waals surface area contributed by atoms with Crippen molar-refractivity contribution in [3.63, 3.8) is 0 Å². The van der Waals surface area contributed by atoms with Crippen LogP contribution in [-0.4, -0.2) is 27.8 Å². The van der Waals surface area contributed by atoms with Crippen molar-refractivity contribution in [2.75, 3.05) is 13.4 Å². The molecule has 0 aliphatic carbocycles. The predicted octanol–water partition coefficient (Wildman–Crippen LogP) is 0.959. The number of rotatable bonds is 4. The first-order chi connectivity index (χ1) is 7.80. The standard InChI is InChI=1S/C10H12O6S/c1-7(11)15-9-4-8(14-2)5-10(6-9)16-17(3,12)13/h4-6H,1-3H3. The maximum absolute atomic E-state index is 11.0. The predicted molar refractivity (Wildman–Crippen MR) is 59.8 cm³/mol. The summed E-state index contributed by atoms with van der Waals surface area (Å²) in [5.74, 6) is -0.0374. The number of carbonyl (C=O) groups is 1. The summed E-state index contributed by atoms with van der Waals surface area (Å²) in [7, 11) is -2.24. The number of benzene rings is 1. The lowest BCUT2D eigenvalue weighted by Gasteiger charge is -2.08. The van der Waals surface area contributed by atoms with Crippen LogP contribution in [0.1, 0.15) is 6.92 Å². The summed E-state index contributed by atoms with van der Waals surface area (Å²) in [4.78, 5) is 10.8. The van der Waals surface area contributed by atoms with Crippen LogP contribution in [0.5, 0.6) is 17.2 Å². The van der Waals surface area contributed by atoms with E-state index in [0.717, 1.165) is 6.26 Å². The number of carbonyl (C=O) groups excluding carboxylic acids is 1. The van der Waals surface area contributed by atoms with E-state index in [9.17, 15) is 13.2 Å². The number of hydrogen-bond donors (Lipinski definition) is 0. The summed E-state index contributed by atoms with van der Waals surface area (Å²) in [5, 5.41) is 0. The van der Waals surface area contributed by atoms with Gasteiger partial charge in [0, 0.05) is 25.1 Å². The highest BCUT2D eigenvalue weighted by Crippen LogP contribution is 2.28. The lowest BCUT2D eigenvalue weighted by Crippen LogP contribution is -2.07. The Balaban J connectivity index is 3.09. The van der Waals surface area contributed by atoms with E-state index in [1.54, 1.807) is 0 Å². The molecule has 0 saturated carbocycles. The lowest BCUT2D eigenvalue weighted by atomic mass is 10.3. The first-order valence-electron chi connectivity index (χ1n) is 4.57. The van der Waals surface area contributed by atoms with Gasteiger partial charge in [0.05, 0.1) is 13.4 Å². The molecule has 0 N–H and O–H groups in total. The Morgan fingerprint density at radius 2 is 1.65 bits per heavy atom. The Morgan fingerprint density at radius 3 is 2.12 bits per heavy atom. The summed E-state index contributed by atoms with van der Waals surface area (Å²) in [6.45, 7) is 1.23. The molecule has 0 aliphatic heterocycles. The van der Waals surface area contributed by atoms with Gasteiger partial charge >= 0.3 is 16.1 Å². The first kappa shape index (κ1) is 13.3. The third kappa shape index (κ3) is 4.73. The second kappa shape index (κ2) is 5.05. The number of esters is 1. The van der Waals surface area contributed by atoms with Crippen molar-refractivity contribution < 1.29 is 26.9 Å². The van der Waals surface area contributed by atoms with E-state index < -0.39 is 16.1 Å². The van der Waals surface area contributed by atoms with Crippen LogP contribution in [0.25, 0.3) is 0 Å². The smallest absolute Gasteiger partial charge is 0.308 e. The molecule has 1 rings (SSSR count). The molecule has 0 heterocycles. The molecule has 17 heavy (non-hydrogen) atoms. The molecule has 94 valence electrons. The first-order valence-corrected chi connectivity index (χ1v) is 6.39. The van der Waals surface area contributed by atoms with Crippen LogP contribution in [0.2, 0.25) is 0 Å². The van der Waals surface area contributed by atoms with Gasteiger partial charge in [0.1, 0.15) is 17.2 Å². The molecular weight excluding hydrogens is 248 g/mol. The molecule has 0 aromatic heterocycles. The third-order valence-corrected chi connectivity index (χ3v) is 2.09. The van der Waals surface area contributed by atoms with Gasteiger partial charge in [-0.3, -0.25) is 4.79 Å². The Labute approximate surface area is 99.2 Å². The average Bonchev–Trinajstić information content (AvgIpc) is 2.13. The van der Waals surface area contributed by atoms with Crippen LogP contribution in [0.4, 0.5) is 0 Å². The molecule has 0 saturated heterocycles. The molecule has 6 nitrogen and oxygen atoms in total. The highest BCUT2D eigenvalue weighted by Gasteiger charge is 2.09. The summed E-state index contributed by atoms with van der Waals surface area (Å²) in [6.07, 6.45) is 0.915. The second-order valence-electron chi connectivity index (χ2n) is 3.23. The van der Waals surface area contributed by atoms with Crippen LogP contribution in [0.3, 0.4) is 0 Å². The molecular formula is C10H12O6S. The molecule has 0 radical (unpaired) electrons. The van der Waals surface area contributed by atoms with E-state index in [1.807, 2.05) is 0 Å². The minimum absolute atomic E-state index is 0.0168. The topological polar surface area (TPSA) is 78.9 Å². The fourth-order valence-electron chi connectivity index (χ4n) is 1.11. The minimum atomic E-state index is -3.64. The lowest BCUT2D eigenvalue weighted by molar-refractivity contribution is -0.131. The van der Waals surface area contributed by atoms with Crippen molar-refractivity contribution in [1.82, 2.24) is 0 Å². The van der Waals surface area contributed by atoms with Gasteiger partial charge in [-0.15, -0.1) is 0 Å². The number of ether oxygens (including phenoxy) is 2. The van der Waals surface area contributed by atoms with Gasteiger partial charge in [0.25, 0.3) is 0 Å². The quantitative estimate of drug-likeness (QED) is 0.456. The molecule has 1 aromatic carbocycles. The molecule has 0 aliphatic rings. The summed E-state index contributed by atoms with van der Waals surface area (Å²) >= 11 is 0. The van der Waals surface area contributed by atoms with Gasteiger partial charge in [-0.25, -0.2) is 0 Å². The third-order valence-electron chi connectivity index (χ3n) is 1.60. The second-order valence-corrected chi connectivity index (χ2v) is 4.80. The molecule has 0 amide bonds. The van der Waals surface area contributed by atoms with Crippen molar-refractivity contribution in [2.24, 2.45) is 0 Å². The molecule has 0 bridgehead atoms. The zero-order chi connectivity index (χ0) is 13.1. The van der Waals surface area contributed by atoms with E-state index in [-0.39, 0.29) is 11.5 Å². The molecule has 0 atom stereocenters. The van der Waals surface area contributed by atoms with Gasteiger partial charge in [0.2, 0.25) is 0 Å². The van der Waals surface area contributed by atoms with Gasteiger partial charge in [-0.2, -0.15) is 8.42 Å². The fourth-order valence-corrected chi connectivity index (χ4v) is 1.56. The van der Waals surface area contributed by atoms with E-state index in [2.05, 4.69) is 4.18 Å². The van der Waals surface area contributed by atoms with Gasteiger partial charge in [0.15, 0.2) is 0 Å². The van der Waals surface area contributed by atoms with Gasteiger partial charge in [-0.05, 0) is 0 Å². The number of methoxy groups -OCH3 is 1. The van der Waals surface area contributed by atoms with Crippen molar-refractivity contribution >= 4 is 16.1 Å². The van der Waals surface area contributed by atoms with Crippen LogP contribution in [0, 0.1) is 0 Å². The zero-order valence-electron chi connectivity index (χ0n) is 9.59. The summed E-state index contributed by atoms with van der Waals surface area (Å²) in [6, 6.07) is 4.09. The average molecular weight is 260 g/mol. The van der Waals surface area contributed by atoms with Crippen molar-refractivity contribution in [3.05, 3.63) is 18.2 Å². The van der Waals surface area contributed by atoms with Crippen LogP contribution < -0.4 is 13.7 Å². The Morgan fingerprint density at radius 1 is 1.12 bits per heavy atom. The Kier molecular flexibility index (Phi) is 3.95. The Hall–Kier alpha value is -1.76. The van der Waals surface area contributed by atoms with E-state index in [4.69, 9.17) is 9.47 Å². The minimum Gasteiger partial charge on any atom is -0.496 e. The largest absolute Gasteiger partial charge is 0.496 e. The van der Waals surface area contributed by atoms with Crippen LogP contribution in [0.15, 0.2) is 18.2 Å². The van der Waals surface area contributed by atoms with E-state index in [1.165, 1.54) is 32.2 Å². The highest BCUT2D eigenvalue weighted by molar-refractivity contribution is 7.86. The van der Waals surface area contributed by atoms with Crippen molar-refractivity contribution in [1.29, 1.82) is 0 Å². The van der Waals surface area contributed by atoms with E-state index >= 15 is 0 Å². The maximum atomic E-state index is 11.0. The molecule has 0 unspecified atom stereocenters. The SMILES string of the molecule is COc1cc(OC(C)=O)cc(OS(C)(=O)=O)c1. The molecule has 0 fully saturated rings. The fraction of sp³-hybridized carbons (Fsp3) is 0.300. The molecule has 7 heteroatoms. The Bertz CT molecular complexity index is 520. The normalized spacial score (nSPS) is 10.8.